The molecule has 1 heterocycles. The zero-order valence-electron chi connectivity index (χ0n) is 9.75. The number of nitrogens with zero attached hydrogens (tertiary/aromatic N) is 2. The summed E-state index contributed by atoms with van der Waals surface area (Å²) in [5, 5.41) is 0. The molecule has 7 heteroatoms. The molecule has 0 bridgehead atoms. The van der Waals surface area contributed by atoms with E-state index in [9.17, 15) is 18.8 Å². The van der Waals surface area contributed by atoms with Gasteiger partial charge in [0.2, 0.25) is 5.91 Å². The molecule has 0 fully saturated rings. The molecule has 2 aromatic rings. The molecule has 0 aliphatic heterocycles. The number of nitrogens with two attached hydrogens (primary N) is 1. The van der Waals surface area contributed by atoms with Crippen LogP contribution in [0.25, 0.3) is 5.69 Å². The van der Waals surface area contributed by atoms with Crippen LogP contribution < -0.4 is 16.9 Å². The number of carbonyl (C=O) groups excluding carboxylic acids is 1. The summed E-state index contributed by atoms with van der Waals surface area (Å²) in [6.07, 6.45) is 2.60. The fourth-order valence-corrected chi connectivity index (χ4v) is 1.61. The summed E-state index contributed by atoms with van der Waals surface area (Å²) in [4.78, 5) is 34.3. The predicted octanol–water partition coefficient (Wildman–Crippen LogP) is -0.376. The first-order chi connectivity index (χ1) is 8.99. The quantitative estimate of drug-likeness (QED) is 0.766. The Morgan fingerprint density at radius 2 is 1.74 bits per heavy atom. The Morgan fingerprint density at radius 1 is 1.11 bits per heavy atom. The monoisotopic (exact) mass is 263 g/mol. The first kappa shape index (κ1) is 12.7. The molecule has 1 aromatic carbocycles. The minimum Gasteiger partial charge on any atom is -0.368 e. The maximum atomic E-state index is 12.8. The van der Waals surface area contributed by atoms with E-state index < -0.39 is 22.8 Å². The van der Waals surface area contributed by atoms with Crippen molar-refractivity contribution < 1.29 is 9.18 Å². The minimum absolute atomic E-state index is 0.356. The Kier molecular flexibility index (Phi) is 3.28. The average Bonchev–Trinajstić information content (AvgIpc) is 2.36. The van der Waals surface area contributed by atoms with E-state index in [4.69, 9.17) is 5.73 Å². The first-order valence-corrected chi connectivity index (χ1v) is 5.35. The molecule has 0 aliphatic carbocycles. The number of amides is 1. The van der Waals surface area contributed by atoms with Crippen LogP contribution in [0.5, 0.6) is 0 Å². The maximum Gasteiger partial charge on any atom is 0.320 e. The number of rotatable bonds is 3. The van der Waals surface area contributed by atoms with Gasteiger partial charge in [-0.1, -0.05) is 0 Å². The van der Waals surface area contributed by atoms with Gasteiger partial charge in [0.25, 0.3) is 0 Å². The summed E-state index contributed by atoms with van der Waals surface area (Å²) in [5.41, 5.74) is 3.61. The van der Waals surface area contributed by atoms with Crippen LogP contribution in [0.3, 0.4) is 0 Å². The highest BCUT2D eigenvalue weighted by Gasteiger charge is 2.08. The van der Waals surface area contributed by atoms with E-state index >= 15 is 0 Å². The summed E-state index contributed by atoms with van der Waals surface area (Å²) < 4.78 is 14.8. The van der Waals surface area contributed by atoms with Crippen LogP contribution in [0, 0.1) is 5.82 Å². The highest BCUT2D eigenvalue weighted by Crippen LogP contribution is 2.05. The minimum atomic E-state index is -0.870. The van der Waals surface area contributed by atoms with Crippen LogP contribution in [0.4, 0.5) is 4.39 Å². The van der Waals surface area contributed by atoms with Crippen molar-refractivity contribution >= 4 is 5.91 Å². The van der Waals surface area contributed by atoms with Gasteiger partial charge in [0.15, 0.2) is 0 Å². The lowest BCUT2D eigenvalue weighted by molar-refractivity contribution is -0.118. The van der Waals surface area contributed by atoms with Crippen molar-refractivity contribution in [3.8, 4) is 5.69 Å². The zero-order valence-corrected chi connectivity index (χ0v) is 9.75. The summed E-state index contributed by atoms with van der Waals surface area (Å²) in [6, 6.07) is 5.09. The Hall–Kier alpha value is -2.70. The highest BCUT2D eigenvalue weighted by atomic mass is 19.1. The van der Waals surface area contributed by atoms with Gasteiger partial charge < -0.3 is 5.73 Å². The molecule has 2 rings (SSSR count). The van der Waals surface area contributed by atoms with Crippen LogP contribution in [0.15, 0.2) is 46.2 Å². The number of primary amides is 1. The smallest absolute Gasteiger partial charge is 0.320 e. The maximum absolute atomic E-state index is 12.8. The molecular weight excluding hydrogens is 253 g/mol. The van der Waals surface area contributed by atoms with Crippen molar-refractivity contribution in [1.29, 1.82) is 0 Å². The molecule has 6 nitrogen and oxygen atoms in total. The normalized spacial score (nSPS) is 10.4. The van der Waals surface area contributed by atoms with Gasteiger partial charge >= 0.3 is 11.1 Å². The Morgan fingerprint density at radius 3 is 2.32 bits per heavy atom. The van der Waals surface area contributed by atoms with Crippen molar-refractivity contribution in [3.05, 3.63) is 63.2 Å². The topological polar surface area (TPSA) is 87.1 Å². The molecule has 0 radical (unpaired) electrons. The Labute approximate surface area is 106 Å². The summed E-state index contributed by atoms with van der Waals surface area (Å²) in [7, 11) is 0. The number of halogens is 1. The highest BCUT2D eigenvalue weighted by molar-refractivity contribution is 5.73. The molecule has 19 heavy (non-hydrogen) atoms. The van der Waals surface area contributed by atoms with Crippen molar-refractivity contribution in [2.75, 3.05) is 0 Å². The second-order valence-electron chi connectivity index (χ2n) is 3.85. The molecule has 1 aromatic heterocycles. The van der Waals surface area contributed by atoms with E-state index in [1.165, 1.54) is 36.7 Å². The average molecular weight is 263 g/mol. The standard InChI is InChI=1S/C12H10FN3O3/c13-8-1-3-9(4-2-8)16-6-5-15(7-10(14)17)11(18)12(16)19/h1-6H,7H2,(H2,14,17). The molecule has 0 saturated carbocycles. The largest absolute Gasteiger partial charge is 0.368 e. The van der Waals surface area contributed by atoms with Crippen molar-refractivity contribution in [1.82, 2.24) is 9.13 Å². The van der Waals surface area contributed by atoms with Gasteiger partial charge in [0.05, 0.1) is 0 Å². The Bertz CT molecular complexity index is 731. The van der Waals surface area contributed by atoms with E-state index in [2.05, 4.69) is 0 Å². The molecule has 0 aliphatic rings. The predicted molar refractivity (Wildman–Crippen MR) is 65.5 cm³/mol. The van der Waals surface area contributed by atoms with Gasteiger partial charge in [-0.05, 0) is 24.3 Å². The summed E-state index contributed by atoms with van der Waals surface area (Å²) in [5.74, 6) is -1.17. The van der Waals surface area contributed by atoms with Crippen LogP contribution in [-0.4, -0.2) is 15.0 Å². The van der Waals surface area contributed by atoms with Crippen molar-refractivity contribution in [2.45, 2.75) is 6.54 Å². The zero-order chi connectivity index (χ0) is 14.0. The van der Waals surface area contributed by atoms with Crippen LogP contribution in [-0.2, 0) is 11.3 Å². The van der Waals surface area contributed by atoms with Gasteiger partial charge in [-0.15, -0.1) is 0 Å². The fraction of sp³-hybridized carbons (Fsp3) is 0.0833. The van der Waals surface area contributed by atoms with Crippen molar-refractivity contribution in [2.24, 2.45) is 5.73 Å². The van der Waals surface area contributed by atoms with Gasteiger partial charge in [0, 0.05) is 18.1 Å². The molecule has 98 valence electrons. The molecule has 2 N–H and O–H groups in total. The molecule has 0 spiro atoms. The SMILES string of the molecule is NC(=O)Cn1ccn(-c2ccc(F)cc2)c(=O)c1=O. The summed E-state index contributed by atoms with van der Waals surface area (Å²) >= 11 is 0. The van der Waals surface area contributed by atoms with E-state index in [0.717, 1.165) is 9.13 Å². The lowest BCUT2D eigenvalue weighted by Gasteiger charge is -2.07. The molecule has 0 atom stereocenters. The number of aromatic nitrogens is 2. The lowest BCUT2D eigenvalue weighted by Crippen LogP contribution is -2.41. The van der Waals surface area contributed by atoms with E-state index in [0.29, 0.717) is 5.69 Å². The van der Waals surface area contributed by atoms with Gasteiger partial charge in [-0.3, -0.25) is 23.5 Å². The van der Waals surface area contributed by atoms with E-state index in [-0.39, 0.29) is 6.54 Å². The summed E-state index contributed by atoms with van der Waals surface area (Å²) in [6.45, 7) is -0.363. The first-order valence-electron chi connectivity index (χ1n) is 5.35. The number of hydrogen-bond acceptors (Lipinski definition) is 3. The third-order valence-electron chi connectivity index (χ3n) is 2.49. The molecular formula is C12H10FN3O3. The molecule has 0 unspecified atom stereocenters. The third-order valence-corrected chi connectivity index (χ3v) is 2.49. The van der Waals surface area contributed by atoms with E-state index in [1.54, 1.807) is 0 Å². The van der Waals surface area contributed by atoms with Crippen LogP contribution in [0.1, 0.15) is 0 Å². The van der Waals surface area contributed by atoms with Gasteiger partial charge in [-0.25, -0.2) is 4.39 Å². The number of benzene rings is 1. The number of hydrogen-bond donors (Lipinski definition) is 1. The second-order valence-corrected chi connectivity index (χ2v) is 3.85. The molecule has 0 saturated heterocycles. The molecule has 1 amide bonds. The number of carbonyl (C=O) groups is 1. The van der Waals surface area contributed by atoms with Crippen LogP contribution in [0.2, 0.25) is 0 Å². The third kappa shape index (κ3) is 2.59. The Balaban J connectivity index is 2.53. The fourth-order valence-electron chi connectivity index (χ4n) is 1.61. The van der Waals surface area contributed by atoms with E-state index in [1.807, 2.05) is 0 Å². The van der Waals surface area contributed by atoms with Crippen LogP contribution >= 0.6 is 0 Å². The van der Waals surface area contributed by atoms with Gasteiger partial charge in [-0.2, -0.15) is 0 Å². The van der Waals surface area contributed by atoms with Gasteiger partial charge in [0.1, 0.15) is 12.4 Å². The lowest BCUT2D eigenvalue weighted by atomic mass is 10.3. The van der Waals surface area contributed by atoms with Crippen molar-refractivity contribution in [3.63, 3.8) is 0 Å². The second kappa shape index (κ2) is 4.89.